The van der Waals surface area contributed by atoms with E-state index in [2.05, 4.69) is 61.5 Å². The standard InChI is InChI=1S/C21H40O3Si/c1-14(2)10-9-11-15(3)18-16(12-13-17(22)19(18)23)21(7,8)24-25-20(4,5)6/h11,14,16,18-19,23H,9-10,12-13,25H2,1-8H3/t16?,18?,19-/m1/s1. The highest BCUT2D eigenvalue weighted by atomic mass is 28.2. The third kappa shape index (κ3) is 6.99. The van der Waals surface area contributed by atoms with E-state index in [9.17, 15) is 9.90 Å². The predicted molar refractivity (Wildman–Crippen MR) is 108 cm³/mol. The normalized spacial score (nSPS) is 26.9. The molecule has 0 heterocycles. The minimum atomic E-state index is -0.881. The number of hydrogen-bond acceptors (Lipinski definition) is 3. The Balaban J connectivity index is 2.98. The number of allylic oxidation sites excluding steroid dienone is 1. The molecule has 1 saturated carbocycles. The molecule has 3 nitrogen and oxygen atoms in total. The van der Waals surface area contributed by atoms with Crippen LogP contribution in [0.25, 0.3) is 0 Å². The smallest absolute Gasteiger partial charge is 0.167 e. The molecule has 1 aliphatic carbocycles. The maximum Gasteiger partial charge on any atom is 0.167 e. The topological polar surface area (TPSA) is 46.5 Å². The Morgan fingerprint density at radius 1 is 1.32 bits per heavy atom. The van der Waals surface area contributed by atoms with Crippen molar-refractivity contribution in [2.24, 2.45) is 17.8 Å². The predicted octanol–water partition coefficient (Wildman–Crippen LogP) is 4.42. The second-order valence-corrected chi connectivity index (χ2v) is 12.7. The van der Waals surface area contributed by atoms with E-state index in [1.807, 2.05) is 0 Å². The molecule has 1 aliphatic rings. The third-order valence-electron chi connectivity index (χ3n) is 5.31. The first-order valence-electron chi connectivity index (χ1n) is 9.86. The van der Waals surface area contributed by atoms with Gasteiger partial charge in [0.15, 0.2) is 15.5 Å². The fourth-order valence-electron chi connectivity index (χ4n) is 3.68. The molecule has 3 atom stereocenters. The maximum absolute atomic E-state index is 12.2. The van der Waals surface area contributed by atoms with Crippen LogP contribution in [0.1, 0.15) is 81.1 Å². The summed E-state index contributed by atoms with van der Waals surface area (Å²) in [7, 11) is -0.689. The number of rotatable bonds is 7. The van der Waals surface area contributed by atoms with Crippen molar-refractivity contribution in [2.75, 3.05) is 0 Å². The van der Waals surface area contributed by atoms with Crippen molar-refractivity contribution in [2.45, 2.75) is 97.8 Å². The lowest BCUT2D eigenvalue weighted by Gasteiger charge is -2.45. The summed E-state index contributed by atoms with van der Waals surface area (Å²) in [5, 5.41) is 10.9. The second-order valence-electron chi connectivity index (χ2n) is 9.95. The average molecular weight is 369 g/mol. The lowest BCUT2D eigenvalue weighted by atomic mass is 9.67. The molecular formula is C21H40O3Si. The van der Waals surface area contributed by atoms with Gasteiger partial charge in [0.25, 0.3) is 0 Å². The van der Waals surface area contributed by atoms with Gasteiger partial charge in [-0.2, -0.15) is 0 Å². The summed E-state index contributed by atoms with van der Waals surface area (Å²) in [6.07, 6.45) is 4.76. The van der Waals surface area contributed by atoms with Crippen LogP contribution in [0.15, 0.2) is 11.6 Å². The molecule has 1 fully saturated rings. The van der Waals surface area contributed by atoms with Gasteiger partial charge in [-0.15, -0.1) is 0 Å². The fraction of sp³-hybridized carbons (Fsp3) is 0.857. The molecule has 4 heteroatoms. The van der Waals surface area contributed by atoms with Crippen molar-refractivity contribution in [3.8, 4) is 0 Å². The number of aliphatic hydroxyl groups is 1. The minimum Gasteiger partial charge on any atom is -0.418 e. The Kier molecular flexibility index (Phi) is 8.10. The molecule has 25 heavy (non-hydrogen) atoms. The average Bonchev–Trinajstić information content (AvgIpc) is 2.46. The zero-order valence-electron chi connectivity index (χ0n) is 17.7. The van der Waals surface area contributed by atoms with Gasteiger partial charge >= 0.3 is 0 Å². The Labute approximate surface area is 157 Å². The van der Waals surface area contributed by atoms with Crippen LogP contribution in [0.3, 0.4) is 0 Å². The number of carbonyl (C=O) groups is 1. The Bertz CT molecular complexity index is 474. The zero-order chi connectivity index (χ0) is 19.4. The van der Waals surface area contributed by atoms with Crippen molar-refractivity contribution in [3.05, 3.63) is 11.6 Å². The van der Waals surface area contributed by atoms with Crippen LogP contribution >= 0.6 is 0 Å². The van der Waals surface area contributed by atoms with Crippen LogP contribution in [0, 0.1) is 17.8 Å². The van der Waals surface area contributed by atoms with Crippen molar-refractivity contribution in [1.82, 2.24) is 0 Å². The van der Waals surface area contributed by atoms with E-state index >= 15 is 0 Å². The summed E-state index contributed by atoms with van der Waals surface area (Å²) in [5.74, 6) is 0.722. The summed E-state index contributed by atoms with van der Waals surface area (Å²) in [5.41, 5.74) is 0.847. The van der Waals surface area contributed by atoms with Crippen LogP contribution in [0.5, 0.6) is 0 Å². The van der Waals surface area contributed by atoms with Crippen LogP contribution in [0.4, 0.5) is 0 Å². The van der Waals surface area contributed by atoms with Gasteiger partial charge in [0.1, 0.15) is 6.10 Å². The van der Waals surface area contributed by atoms with Crippen LogP contribution in [-0.2, 0) is 9.22 Å². The van der Waals surface area contributed by atoms with Gasteiger partial charge in [-0.05, 0) is 56.9 Å². The first-order chi connectivity index (χ1) is 11.3. The Hall–Kier alpha value is -0.453. The number of aliphatic hydroxyl groups excluding tert-OH is 1. The molecule has 0 saturated heterocycles. The van der Waals surface area contributed by atoms with E-state index in [1.165, 1.54) is 0 Å². The van der Waals surface area contributed by atoms with E-state index in [0.717, 1.165) is 24.8 Å². The lowest BCUT2D eigenvalue weighted by Crippen LogP contribution is -2.50. The summed E-state index contributed by atoms with van der Waals surface area (Å²) in [4.78, 5) is 12.2. The first-order valence-corrected chi connectivity index (χ1v) is 11.1. The quantitative estimate of drug-likeness (QED) is 0.534. The summed E-state index contributed by atoms with van der Waals surface area (Å²) in [6.45, 7) is 17.5. The molecule has 0 bridgehead atoms. The van der Waals surface area contributed by atoms with E-state index in [0.29, 0.717) is 12.3 Å². The number of carbonyl (C=O) groups excluding carboxylic acids is 1. The van der Waals surface area contributed by atoms with Gasteiger partial charge in [0.2, 0.25) is 0 Å². The molecule has 1 rings (SSSR count). The second kappa shape index (κ2) is 8.96. The molecule has 2 unspecified atom stereocenters. The molecule has 0 aliphatic heterocycles. The molecule has 0 radical (unpaired) electrons. The lowest BCUT2D eigenvalue weighted by molar-refractivity contribution is -0.138. The highest BCUT2D eigenvalue weighted by Gasteiger charge is 2.45. The zero-order valence-corrected chi connectivity index (χ0v) is 19.1. The van der Waals surface area contributed by atoms with Gasteiger partial charge in [-0.3, -0.25) is 4.79 Å². The fourth-order valence-corrected chi connectivity index (χ4v) is 4.70. The van der Waals surface area contributed by atoms with E-state index in [4.69, 9.17) is 4.43 Å². The van der Waals surface area contributed by atoms with Crippen molar-refractivity contribution in [1.29, 1.82) is 0 Å². The SMILES string of the molecule is CC(=CCCC(C)C)C1C(C(C)(C)O[SiH2]C(C)(C)C)CCC(=O)[C@H]1O. The van der Waals surface area contributed by atoms with Crippen molar-refractivity contribution < 1.29 is 14.3 Å². The molecule has 0 aromatic rings. The number of Topliss-reactive ketones (excluding diaryl/α,β-unsaturated/α-hetero) is 1. The summed E-state index contributed by atoms with van der Waals surface area (Å²) >= 11 is 0. The number of ketones is 1. The highest BCUT2D eigenvalue weighted by molar-refractivity contribution is 6.31. The van der Waals surface area contributed by atoms with Gasteiger partial charge in [-0.25, -0.2) is 0 Å². The van der Waals surface area contributed by atoms with E-state index in [-0.39, 0.29) is 28.3 Å². The molecule has 0 aromatic heterocycles. The van der Waals surface area contributed by atoms with Crippen molar-refractivity contribution >= 4 is 15.5 Å². The van der Waals surface area contributed by atoms with Gasteiger partial charge in [0.05, 0.1) is 5.60 Å². The molecule has 146 valence electrons. The molecule has 1 N–H and O–H groups in total. The first kappa shape index (κ1) is 22.6. The largest absolute Gasteiger partial charge is 0.418 e. The van der Waals surface area contributed by atoms with Gasteiger partial charge < -0.3 is 9.53 Å². The third-order valence-corrected chi connectivity index (χ3v) is 7.07. The van der Waals surface area contributed by atoms with E-state index in [1.54, 1.807) is 0 Å². The van der Waals surface area contributed by atoms with Gasteiger partial charge in [-0.1, -0.05) is 46.3 Å². The van der Waals surface area contributed by atoms with Crippen LogP contribution in [-0.4, -0.2) is 32.4 Å². The van der Waals surface area contributed by atoms with E-state index < -0.39 is 15.9 Å². The molecule has 0 amide bonds. The van der Waals surface area contributed by atoms with Crippen molar-refractivity contribution in [3.63, 3.8) is 0 Å². The number of hydrogen-bond donors (Lipinski definition) is 1. The summed E-state index contributed by atoms with van der Waals surface area (Å²) in [6, 6.07) is 0. The summed E-state index contributed by atoms with van der Waals surface area (Å²) < 4.78 is 6.43. The van der Waals surface area contributed by atoms with Gasteiger partial charge in [0, 0.05) is 12.3 Å². The monoisotopic (exact) mass is 368 g/mol. The Morgan fingerprint density at radius 2 is 1.92 bits per heavy atom. The molecular weight excluding hydrogens is 328 g/mol. The Morgan fingerprint density at radius 3 is 2.44 bits per heavy atom. The molecule has 0 aromatic carbocycles. The highest BCUT2D eigenvalue weighted by Crippen LogP contribution is 2.42. The molecule has 0 spiro atoms. The minimum absolute atomic E-state index is 0.0123. The van der Waals surface area contributed by atoms with Crippen LogP contribution < -0.4 is 0 Å². The maximum atomic E-state index is 12.2. The van der Waals surface area contributed by atoms with Crippen LogP contribution in [0.2, 0.25) is 5.04 Å².